The monoisotopic (exact) mass is 289 g/mol. The minimum Gasteiger partial charge on any atom is -0.369 e. The zero-order valence-corrected chi connectivity index (χ0v) is 12.5. The van der Waals surface area contributed by atoms with Crippen LogP contribution in [0.25, 0.3) is 0 Å². The fourth-order valence-corrected chi connectivity index (χ4v) is 3.67. The van der Waals surface area contributed by atoms with E-state index < -0.39 is 0 Å². The van der Waals surface area contributed by atoms with Crippen molar-refractivity contribution < 1.29 is 0 Å². The number of thioether (sulfide) groups is 1. The van der Waals surface area contributed by atoms with Gasteiger partial charge < -0.3 is 4.90 Å². The molecule has 0 aromatic heterocycles. The van der Waals surface area contributed by atoms with Crippen molar-refractivity contribution in [2.75, 3.05) is 23.7 Å². The lowest BCUT2D eigenvalue weighted by atomic mass is 10.1. The molecule has 0 unspecified atom stereocenters. The number of alkyl halides is 1. The lowest BCUT2D eigenvalue weighted by molar-refractivity contribution is 0.646. The maximum atomic E-state index is 6.09. The van der Waals surface area contributed by atoms with Gasteiger partial charge in [-0.15, -0.1) is 11.6 Å². The molecule has 1 heterocycles. The van der Waals surface area contributed by atoms with Crippen LogP contribution < -0.4 is 4.90 Å². The molecule has 0 saturated carbocycles. The van der Waals surface area contributed by atoms with Gasteiger partial charge in [0.05, 0.1) is 0 Å². The van der Waals surface area contributed by atoms with Crippen molar-refractivity contribution in [3.05, 3.63) is 28.8 Å². The van der Waals surface area contributed by atoms with E-state index in [0.29, 0.717) is 10.6 Å². The molecular formula is C13H17Cl2NS. The van der Waals surface area contributed by atoms with Crippen molar-refractivity contribution in [2.45, 2.75) is 24.5 Å². The molecule has 4 heteroatoms. The van der Waals surface area contributed by atoms with E-state index in [1.165, 1.54) is 11.3 Å². The molecular weight excluding hydrogens is 273 g/mol. The number of rotatable bonds is 2. The first-order valence-electron chi connectivity index (χ1n) is 5.75. The maximum absolute atomic E-state index is 6.09. The fraction of sp³-hybridized carbons (Fsp3) is 0.538. The third-order valence-corrected chi connectivity index (χ3v) is 4.78. The number of halogens is 2. The second kappa shape index (κ2) is 5.29. The Morgan fingerprint density at radius 2 is 2.18 bits per heavy atom. The van der Waals surface area contributed by atoms with Crippen LogP contribution in [0.2, 0.25) is 5.02 Å². The fourth-order valence-electron chi connectivity index (χ4n) is 2.17. The first-order chi connectivity index (χ1) is 8.02. The molecule has 0 spiro atoms. The summed E-state index contributed by atoms with van der Waals surface area (Å²) >= 11 is 14.1. The second-order valence-electron chi connectivity index (χ2n) is 4.94. The average molecular weight is 290 g/mol. The lowest BCUT2D eigenvalue weighted by Crippen LogP contribution is -2.43. The lowest BCUT2D eigenvalue weighted by Gasteiger charge is -2.39. The molecule has 0 bridgehead atoms. The average Bonchev–Trinajstić information content (AvgIpc) is 2.27. The summed E-state index contributed by atoms with van der Waals surface area (Å²) in [6.45, 7) is 6.68. The van der Waals surface area contributed by atoms with E-state index >= 15 is 0 Å². The SMILES string of the molecule is CC1(C)CN(c2cc(Cl)ccc2CCl)CCS1. The maximum Gasteiger partial charge on any atom is 0.0494 e. The van der Waals surface area contributed by atoms with Gasteiger partial charge in [-0.2, -0.15) is 11.8 Å². The number of hydrogen-bond donors (Lipinski definition) is 0. The summed E-state index contributed by atoms with van der Waals surface area (Å²) in [6, 6.07) is 5.97. The molecule has 1 saturated heterocycles. The van der Waals surface area contributed by atoms with Crippen molar-refractivity contribution in [3.63, 3.8) is 0 Å². The third-order valence-electron chi connectivity index (χ3n) is 2.96. The first kappa shape index (κ1) is 13.4. The standard InChI is InChI=1S/C13H17Cl2NS/c1-13(2)9-16(5-6-17-13)12-7-11(15)4-3-10(12)8-14/h3-4,7H,5-6,8-9H2,1-2H3. The predicted molar refractivity (Wildman–Crippen MR) is 79.8 cm³/mol. The van der Waals surface area contributed by atoms with Crippen molar-refractivity contribution in [3.8, 4) is 0 Å². The van der Waals surface area contributed by atoms with Crippen molar-refractivity contribution in [2.24, 2.45) is 0 Å². The Kier molecular flexibility index (Phi) is 4.17. The van der Waals surface area contributed by atoms with Gasteiger partial charge in [-0.25, -0.2) is 0 Å². The van der Waals surface area contributed by atoms with Gasteiger partial charge in [-0.3, -0.25) is 0 Å². The molecule has 0 N–H and O–H groups in total. The van der Waals surface area contributed by atoms with E-state index in [-0.39, 0.29) is 0 Å². The molecule has 0 amide bonds. The molecule has 1 aliphatic rings. The van der Waals surface area contributed by atoms with Gasteiger partial charge in [0.1, 0.15) is 0 Å². The summed E-state index contributed by atoms with van der Waals surface area (Å²) in [5, 5.41) is 0.782. The van der Waals surface area contributed by atoms with Gasteiger partial charge in [-0.1, -0.05) is 17.7 Å². The number of benzene rings is 1. The smallest absolute Gasteiger partial charge is 0.0494 e. The van der Waals surface area contributed by atoms with Crippen LogP contribution in [-0.2, 0) is 5.88 Å². The third kappa shape index (κ3) is 3.24. The summed E-state index contributed by atoms with van der Waals surface area (Å²) in [6.07, 6.45) is 0. The van der Waals surface area contributed by atoms with Gasteiger partial charge in [0.25, 0.3) is 0 Å². The molecule has 0 radical (unpaired) electrons. The molecule has 1 aliphatic heterocycles. The summed E-state index contributed by atoms with van der Waals surface area (Å²) in [4.78, 5) is 2.40. The molecule has 2 rings (SSSR count). The van der Waals surface area contributed by atoms with Crippen LogP contribution in [0.1, 0.15) is 19.4 Å². The summed E-state index contributed by atoms with van der Waals surface area (Å²) < 4.78 is 0.296. The summed E-state index contributed by atoms with van der Waals surface area (Å²) in [7, 11) is 0. The van der Waals surface area contributed by atoms with E-state index in [0.717, 1.165) is 23.9 Å². The van der Waals surface area contributed by atoms with Crippen molar-refractivity contribution in [1.82, 2.24) is 0 Å². The Morgan fingerprint density at radius 3 is 2.82 bits per heavy atom. The summed E-state index contributed by atoms with van der Waals surface area (Å²) in [5.74, 6) is 1.69. The highest BCUT2D eigenvalue weighted by Crippen LogP contribution is 2.35. The zero-order chi connectivity index (χ0) is 12.5. The Morgan fingerprint density at radius 1 is 1.41 bits per heavy atom. The number of anilines is 1. The highest BCUT2D eigenvalue weighted by Gasteiger charge is 2.28. The second-order valence-corrected chi connectivity index (χ2v) is 7.44. The van der Waals surface area contributed by atoms with Gasteiger partial charge in [0, 0.05) is 40.2 Å². The normalized spacial score (nSPS) is 19.4. The van der Waals surface area contributed by atoms with Gasteiger partial charge in [-0.05, 0) is 31.5 Å². The Labute approximate surface area is 117 Å². The van der Waals surface area contributed by atoms with Crippen molar-refractivity contribution in [1.29, 1.82) is 0 Å². The van der Waals surface area contributed by atoms with Gasteiger partial charge in [0.15, 0.2) is 0 Å². The predicted octanol–water partition coefficient (Wildman–Crippen LogP) is 4.41. The van der Waals surface area contributed by atoms with E-state index in [1.807, 2.05) is 30.0 Å². The minimum atomic E-state index is 0.296. The van der Waals surface area contributed by atoms with Gasteiger partial charge >= 0.3 is 0 Å². The molecule has 1 fully saturated rings. The van der Waals surface area contributed by atoms with E-state index in [2.05, 4.69) is 18.7 Å². The van der Waals surface area contributed by atoms with Crippen LogP contribution in [0.4, 0.5) is 5.69 Å². The highest BCUT2D eigenvalue weighted by molar-refractivity contribution is 8.00. The molecule has 1 aromatic carbocycles. The molecule has 1 nitrogen and oxygen atoms in total. The van der Waals surface area contributed by atoms with Gasteiger partial charge in [0.2, 0.25) is 0 Å². The van der Waals surface area contributed by atoms with Crippen LogP contribution in [0.3, 0.4) is 0 Å². The van der Waals surface area contributed by atoms with Crippen LogP contribution in [0.5, 0.6) is 0 Å². The Hall–Kier alpha value is -0.0500. The molecule has 1 aromatic rings. The highest BCUT2D eigenvalue weighted by atomic mass is 35.5. The summed E-state index contributed by atoms with van der Waals surface area (Å²) in [5.41, 5.74) is 2.36. The van der Waals surface area contributed by atoms with E-state index in [1.54, 1.807) is 0 Å². The first-order valence-corrected chi connectivity index (χ1v) is 7.65. The largest absolute Gasteiger partial charge is 0.369 e. The number of nitrogens with zero attached hydrogens (tertiary/aromatic N) is 1. The minimum absolute atomic E-state index is 0.296. The Balaban J connectivity index is 2.29. The quantitative estimate of drug-likeness (QED) is 0.742. The number of hydrogen-bond acceptors (Lipinski definition) is 2. The van der Waals surface area contributed by atoms with E-state index in [4.69, 9.17) is 23.2 Å². The zero-order valence-electron chi connectivity index (χ0n) is 10.2. The molecule has 0 atom stereocenters. The van der Waals surface area contributed by atoms with Crippen molar-refractivity contribution >= 4 is 40.7 Å². The van der Waals surface area contributed by atoms with Crippen LogP contribution in [-0.4, -0.2) is 23.6 Å². The molecule has 94 valence electrons. The van der Waals surface area contributed by atoms with Crippen LogP contribution >= 0.6 is 35.0 Å². The van der Waals surface area contributed by atoms with Crippen LogP contribution in [0, 0.1) is 0 Å². The van der Waals surface area contributed by atoms with Crippen LogP contribution in [0.15, 0.2) is 18.2 Å². The topological polar surface area (TPSA) is 3.24 Å². The molecule has 17 heavy (non-hydrogen) atoms. The Bertz CT molecular complexity index is 406. The molecule has 0 aliphatic carbocycles. The van der Waals surface area contributed by atoms with E-state index in [9.17, 15) is 0 Å².